The van der Waals surface area contributed by atoms with Gasteiger partial charge in [-0.3, -0.25) is 0 Å². The van der Waals surface area contributed by atoms with Crippen molar-refractivity contribution in [2.24, 2.45) is 0 Å². The number of esters is 1. The number of rotatable bonds is 2. The summed E-state index contributed by atoms with van der Waals surface area (Å²) in [6.07, 6.45) is 4.76. The molecule has 0 radical (unpaired) electrons. The summed E-state index contributed by atoms with van der Waals surface area (Å²) in [6, 6.07) is 3.44. The Morgan fingerprint density at radius 3 is 3.11 bits per heavy atom. The summed E-state index contributed by atoms with van der Waals surface area (Å²) in [6.45, 7) is 0.758. The number of methoxy groups -OCH3 is 1. The molecule has 1 unspecified atom stereocenters. The van der Waals surface area contributed by atoms with Crippen LogP contribution in [0.2, 0.25) is 0 Å². The minimum Gasteiger partial charge on any atom is -0.465 e. The van der Waals surface area contributed by atoms with E-state index >= 15 is 0 Å². The van der Waals surface area contributed by atoms with Crippen LogP contribution >= 0.6 is 0 Å². The first-order chi connectivity index (χ1) is 9.28. The molecule has 0 aromatic carbocycles. The lowest BCUT2D eigenvalue weighted by Gasteiger charge is -2.19. The summed E-state index contributed by atoms with van der Waals surface area (Å²) in [7, 11) is 1.36. The third-order valence-electron chi connectivity index (χ3n) is 3.24. The first-order valence-electron chi connectivity index (χ1n) is 6.34. The zero-order valence-corrected chi connectivity index (χ0v) is 10.7. The van der Waals surface area contributed by atoms with E-state index in [0.717, 1.165) is 25.9 Å². The molecule has 3 heterocycles. The van der Waals surface area contributed by atoms with Crippen LogP contribution in [0.15, 0.2) is 18.3 Å². The fourth-order valence-corrected chi connectivity index (χ4v) is 2.22. The number of pyridine rings is 1. The summed E-state index contributed by atoms with van der Waals surface area (Å²) in [5, 5.41) is 4.39. The van der Waals surface area contributed by atoms with Gasteiger partial charge in [0, 0.05) is 12.8 Å². The molecule has 1 fully saturated rings. The van der Waals surface area contributed by atoms with Crippen molar-refractivity contribution in [3.05, 3.63) is 29.7 Å². The molecular formula is C13H15N3O3. The zero-order chi connectivity index (χ0) is 13.2. The lowest BCUT2D eigenvalue weighted by molar-refractivity contribution is 0.00962. The van der Waals surface area contributed by atoms with E-state index in [9.17, 15) is 4.79 Å². The molecule has 19 heavy (non-hydrogen) atoms. The van der Waals surface area contributed by atoms with Gasteiger partial charge in [-0.15, -0.1) is 5.10 Å². The molecule has 3 rings (SSSR count). The van der Waals surface area contributed by atoms with Crippen LogP contribution in [-0.2, 0) is 9.47 Å². The molecular weight excluding hydrogens is 246 g/mol. The van der Waals surface area contributed by atoms with Gasteiger partial charge in [0.2, 0.25) is 0 Å². The molecule has 0 bridgehead atoms. The molecule has 0 aliphatic carbocycles. The Balaban J connectivity index is 1.93. The maximum atomic E-state index is 11.5. The molecule has 100 valence electrons. The second-order valence-electron chi connectivity index (χ2n) is 4.54. The summed E-state index contributed by atoms with van der Waals surface area (Å²) in [5.74, 6) is 0.301. The van der Waals surface area contributed by atoms with E-state index in [-0.39, 0.29) is 12.1 Å². The third kappa shape index (κ3) is 2.31. The Bertz CT molecular complexity index is 602. The number of fused-ring (bicyclic) bond motifs is 1. The van der Waals surface area contributed by atoms with Gasteiger partial charge in [0.05, 0.1) is 12.7 Å². The topological polar surface area (TPSA) is 65.7 Å². The maximum absolute atomic E-state index is 11.5. The van der Waals surface area contributed by atoms with Gasteiger partial charge in [0.1, 0.15) is 6.10 Å². The minimum atomic E-state index is -0.382. The maximum Gasteiger partial charge on any atom is 0.339 e. The third-order valence-corrected chi connectivity index (χ3v) is 3.24. The van der Waals surface area contributed by atoms with Gasteiger partial charge in [-0.25, -0.2) is 14.3 Å². The molecule has 2 aromatic heterocycles. The highest BCUT2D eigenvalue weighted by atomic mass is 16.5. The van der Waals surface area contributed by atoms with Crippen molar-refractivity contribution in [2.45, 2.75) is 25.4 Å². The average molecular weight is 261 g/mol. The second kappa shape index (κ2) is 4.97. The summed E-state index contributed by atoms with van der Waals surface area (Å²) >= 11 is 0. The first kappa shape index (κ1) is 12.1. The number of hydrogen-bond donors (Lipinski definition) is 0. The average Bonchev–Trinajstić information content (AvgIpc) is 2.90. The largest absolute Gasteiger partial charge is 0.465 e. The number of carbonyl (C=O) groups excluding carboxylic acids is 1. The number of aromatic nitrogens is 3. The quantitative estimate of drug-likeness (QED) is 0.771. The first-order valence-corrected chi connectivity index (χ1v) is 6.34. The second-order valence-corrected chi connectivity index (χ2v) is 4.54. The molecule has 1 aliphatic rings. The van der Waals surface area contributed by atoms with Crippen LogP contribution in [0.25, 0.3) is 5.65 Å². The molecule has 1 atom stereocenters. The molecule has 6 nitrogen and oxygen atoms in total. The molecule has 0 amide bonds. The van der Waals surface area contributed by atoms with Gasteiger partial charge in [-0.05, 0) is 31.4 Å². The molecule has 0 spiro atoms. The van der Waals surface area contributed by atoms with Crippen molar-refractivity contribution in [1.29, 1.82) is 0 Å². The Labute approximate surface area is 110 Å². The lowest BCUT2D eigenvalue weighted by Crippen LogP contribution is -2.13. The van der Waals surface area contributed by atoms with Gasteiger partial charge in [0.15, 0.2) is 11.5 Å². The highest BCUT2D eigenvalue weighted by Crippen LogP contribution is 2.25. The van der Waals surface area contributed by atoms with Crippen molar-refractivity contribution < 1.29 is 14.3 Å². The molecule has 0 saturated carbocycles. The van der Waals surface area contributed by atoms with E-state index in [1.165, 1.54) is 7.11 Å². The van der Waals surface area contributed by atoms with Crippen molar-refractivity contribution in [3.8, 4) is 0 Å². The number of ether oxygens (including phenoxy) is 2. The van der Waals surface area contributed by atoms with Gasteiger partial charge in [-0.2, -0.15) is 0 Å². The van der Waals surface area contributed by atoms with Crippen molar-refractivity contribution in [3.63, 3.8) is 0 Å². The predicted molar refractivity (Wildman–Crippen MR) is 66.9 cm³/mol. The summed E-state index contributed by atoms with van der Waals surface area (Å²) in [4.78, 5) is 15.9. The Morgan fingerprint density at radius 2 is 2.37 bits per heavy atom. The smallest absolute Gasteiger partial charge is 0.339 e. The van der Waals surface area contributed by atoms with Crippen LogP contribution < -0.4 is 0 Å². The summed E-state index contributed by atoms with van der Waals surface area (Å²) in [5.41, 5.74) is 1.16. The molecule has 1 saturated heterocycles. The zero-order valence-electron chi connectivity index (χ0n) is 10.7. The van der Waals surface area contributed by atoms with E-state index < -0.39 is 0 Å². The fraction of sp³-hybridized carbons (Fsp3) is 0.462. The minimum absolute atomic E-state index is 0.0322. The lowest BCUT2D eigenvalue weighted by atomic mass is 10.1. The predicted octanol–water partition coefficient (Wildman–Crippen LogP) is 1.76. The van der Waals surface area contributed by atoms with E-state index in [4.69, 9.17) is 4.74 Å². The number of carbonyl (C=O) groups is 1. The van der Waals surface area contributed by atoms with Gasteiger partial charge >= 0.3 is 5.97 Å². The van der Waals surface area contributed by atoms with Crippen LogP contribution in [0, 0.1) is 0 Å². The summed E-state index contributed by atoms with van der Waals surface area (Å²) < 4.78 is 11.9. The fourth-order valence-electron chi connectivity index (χ4n) is 2.22. The molecule has 0 N–H and O–H groups in total. The van der Waals surface area contributed by atoms with Crippen LogP contribution in [0.1, 0.15) is 41.5 Å². The van der Waals surface area contributed by atoms with Gasteiger partial charge in [0.25, 0.3) is 0 Å². The van der Waals surface area contributed by atoms with E-state index in [0.29, 0.717) is 17.0 Å². The van der Waals surface area contributed by atoms with Gasteiger partial charge < -0.3 is 9.47 Å². The van der Waals surface area contributed by atoms with Crippen molar-refractivity contribution >= 4 is 11.6 Å². The van der Waals surface area contributed by atoms with Crippen molar-refractivity contribution in [2.75, 3.05) is 13.7 Å². The SMILES string of the molecule is COC(=O)c1ccc2nc(C3CCCCO3)nn2c1. The Kier molecular flexibility index (Phi) is 3.16. The Morgan fingerprint density at radius 1 is 1.47 bits per heavy atom. The Hall–Kier alpha value is -1.95. The van der Waals surface area contributed by atoms with Gasteiger partial charge in [-0.1, -0.05) is 0 Å². The normalized spacial score (nSPS) is 19.5. The van der Waals surface area contributed by atoms with E-state index in [1.807, 2.05) is 0 Å². The van der Waals surface area contributed by atoms with Crippen molar-refractivity contribution in [1.82, 2.24) is 14.6 Å². The van der Waals surface area contributed by atoms with E-state index in [2.05, 4.69) is 14.8 Å². The van der Waals surface area contributed by atoms with Crippen LogP contribution in [0.3, 0.4) is 0 Å². The molecule has 6 heteroatoms. The van der Waals surface area contributed by atoms with E-state index in [1.54, 1.807) is 22.8 Å². The van der Waals surface area contributed by atoms with Crippen LogP contribution in [-0.4, -0.2) is 34.3 Å². The highest BCUT2D eigenvalue weighted by Gasteiger charge is 2.21. The monoisotopic (exact) mass is 261 g/mol. The molecule has 1 aliphatic heterocycles. The highest BCUT2D eigenvalue weighted by molar-refractivity contribution is 5.89. The van der Waals surface area contributed by atoms with Crippen LogP contribution in [0.5, 0.6) is 0 Å². The number of hydrogen-bond acceptors (Lipinski definition) is 5. The van der Waals surface area contributed by atoms with Crippen LogP contribution in [0.4, 0.5) is 0 Å². The molecule has 2 aromatic rings. The number of nitrogens with zero attached hydrogens (tertiary/aromatic N) is 3. The standard InChI is InChI=1S/C13H15N3O3/c1-18-13(17)9-5-6-11-14-12(15-16(11)8-9)10-4-2-3-7-19-10/h5-6,8,10H,2-4,7H2,1H3.